The lowest BCUT2D eigenvalue weighted by Gasteiger charge is -2.59. The number of morpholine rings is 1. The zero-order chi connectivity index (χ0) is 26.6. The molecule has 4 atom stereocenters. The summed E-state index contributed by atoms with van der Waals surface area (Å²) in [6.07, 6.45) is 4.98. The van der Waals surface area contributed by atoms with E-state index >= 15 is 0 Å². The van der Waals surface area contributed by atoms with Crippen LogP contribution in [-0.2, 0) is 20.7 Å². The standard InChI is InChI=1S/C31H37N3O5/c32-30(36)31-14-20-10-22(15-31)28(23(11-20)16-31)33-29(35)27-17-34(8-9-37-27)24(21-4-2-1-3-5-21)12-19-6-7-25-26(13-19)39-18-38-25/h1-7,13,20,22-24,27-28H,8-12,14-18H2,(H2,32,36)(H,33,35)/t20?,22?,23?,24-,27?,28?,31?/m1/s1. The van der Waals surface area contributed by atoms with Crippen LogP contribution in [0.4, 0.5) is 0 Å². The minimum atomic E-state index is -0.524. The molecular formula is C31H37N3O5. The molecule has 2 aliphatic heterocycles. The lowest BCUT2D eigenvalue weighted by molar-refractivity contribution is -0.152. The first kappa shape index (κ1) is 24.9. The molecule has 5 fully saturated rings. The molecule has 39 heavy (non-hydrogen) atoms. The van der Waals surface area contributed by atoms with Crippen LogP contribution in [0.5, 0.6) is 11.5 Å². The summed E-state index contributed by atoms with van der Waals surface area (Å²) in [5.74, 6) is 2.61. The molecule has 4 aliphatic carbocycles. The van der Waals surface area contributed by atoms with Crippen LogP contribution in [0.2, 0.25) is 0 Å². The third-order valence-corrected chi connectivity index (χ3v) is 9.99. The monoisotopic (exact) mass is 531 g/mol. The Hall–Kier alpha value is -3.10. The number of benzene rings is 2. The quantitative estimate of drug-likeness (QED) is 0.569. The molecule has 0 aromatic heterocycles. The molecule has 1 saturated heterocycles. The molecule has 2 amide bonds. The summed E-state index contributed by atoms with van der Waals surface area (Å²) in [4.78, 5) is 28.3. The maximum atomic E-state index is 13.6. The van der Waals surface area contributed by atoms with Gasteiger partial charge in [0, 0.05) is 30.6 Å². The van der Waals surface area contributed by atoms with Crippen molar-refractivity contribution in [2.24, 2.45) is 28.9 Å². The number of hydrogen-bond donors (Lipinski definition) is 2. The molecule has 0 radical (unpaired) electrons. The van der Waals surface area contributed by atoms with E-state index in [2.05, 4.69) is 46.6 Å². The van der Waals surface area contributed by atoms with Crippen LogP contribution in [0.25, 0.3) is 0 Å². The fourth-order valence-electron chi connectivity index (χ4n) is 8.35. The van der Waals surface area contributed by atoms with Gasteiger partial charge in [-0.25, -0.2) is 0 Å². The summed E-state index contributed by atoms with van der Waals surface area (Å²) in [6.45, 7) is 2.05. The number of rotatable bonds is 7. The van der Waals surface area contributed by atoms with Gasteiger partial charge in [-0.1, -0.05) is 36.4 Å². The van der Waals surface area contributed by atoms with Crippen molar-refractivity contribution in [3.8, 4) is 11.5 Å². The van der Waals surface area contributed by atoms with E-state index in [0.717, 1.165) is 62.1 Å². The Morgan fingerprint density at radius 2 is 1.79 bits per heavy atom. The number of nitrogens with zero attached hydrogens (tertiary/aromatic N) is 1. The van der Waals surface area contributed by atoms with Gasteiger partial charge in [0.1, 0.15) is 6.10 Å². The van der Waals surface area contributed by atoms with Gasteiger partial charge in [0.25, 0.3) is 5.91 Å². The highest BCUT2D eigenvalue weighted by Gasteiger charge is 2.58. The first-order chi connectivity index (χ1) is 19.0. The first-order valence-corrected chi connectivity index (χ1v) is 14.4. The Balaban J connectivity index is 1.06. The molecule has 3 unspecified atom stereocenters. The van der Waals surface area contributed by atoms with Gasteiger partial charge in [0.2, 0.25) is 12.7 Å². The Kier molecular flexibility index (Phi) is 6.27. The fraction of sp³-hybridized carbons (Fsp3) is 0.548. The zero-order valence-corrected chi connectivity index (χ0v) is 22.2. The Morgan fingerprint density at radius 1 is 1.03 bits per heavy atom. The van der Waals surface area contributed by atoms with Crippen LogP contribution in [0.3, 0.4) is 0 Å². The molecule has 0 spiro atoms. The third-order valence-electron chi connectivity index (χ3n) is 9.99. The van der Waals surface area contributed by atoms with E-state index in [9.17, 15) is 9.59 Å². The average Bonchev–Trinajstić information content (AvgIpc) is 3.42. The van der Waals surface area contributed by atoms with Gasteiger partial charge in [-0.15, -0.1) is 0 Å². The largest absolute Gasteiger partial charge is 0.454 e. The van der Waals surface area contributed by atoms with Crippen LogP contribution < -0.4 is 20.5 Å². The molecule has 8 nitrogen and oxygen atoms in total. The molecule has 8 rings (SSSR count). The number of nitrogens with two attached hydrogens (primary N) is 1. The predicted molar refractivity (Wildman–Crippen MR) is 144 cm³/mol. The van der Waals surface area contributed by atoms with Crippen molar-refractivity contribution >= 4 is 11.8 Å². The molecule has 6 aliphatic rings. The summed E-state index contributed by atoms with van der Waals surface area (Å²) >= 11 is 0. The van der Waals surface area contributed by atoms with Crippen LogP contribution in [0.1, 0.15) is 49.3 Å². The maximum absolute atomic E-state index is 13.6. The Morgan fingerprint density at radius 3 is 2.56 bits per heavy atom. The number of carbonyl (C=O) groups excluding carboxylic acids is 2. The van der Waals surface area contributed by atoms with Gasteiger partial charge in [0.15, 0.2) is 11.5 Å². The average molecular weight is 532 g/mol. The van der Waals surface area contributed by atoms with Crippen LogP contribution >= 0.6 is 0 Å². The van der Waals surface area contributed by atoms with Gasteiger partial charge in [-0.3, -0.25) is 14.5 Å². The van der Waals surface area contributed by atoms with Crippen LogP contribution in [-0.4, -0.2) is 55.3 Å². The fourth-order valence-corrected chi connectivity index (χ4v) is 8.35. The summed E-state index contributed by atoms with van der Waals surface area (Å²) in [5, 5.41) is 3.39. The predicted octanol–water partition coefficient (Wildman–Crippen LogP) is 3.20. The second-order valence-electron chi connectivity index (χ2n) is 12.3. The number of fused-ring (bicyclic) bond motifs is 1. The van der Waals surface area contributed by atoms with Gasteiger partial charge in [-0.05, 0) is 79.5 Å². The third kappa shape index (κ3) is 4.57. The van der Waals surface area contributed by atoms with E-state index in [1.807, 2.05) is 12.1 Å². The van der Waals surface area contributed by atoms with Crippen molar-refractivity contribution in [3.05, 3.63) is 59.7 Å². The van der Waals surface area contributed by atoms with Crippen molar-refractivity contribution in [1.82, 2.24) is 10.2 Å². The van der Waals surface area contributed by atoms with Crippen molar-refractivity contribution < 1.29 is 23.8 Å². The molecular weight excluding hydrogens is 494 g/mol. The summed E-state index contributed by atoms with van der Waals surface area (Å²) in [7, 11) is 0. The molecule has 2 aromatic rings. The zero-order valence-electron chi connectivity index (χ0n) is 22.2. The minimum absolute atomic E-state index is 0.0276. The van der Waals surface area contributed by atoms with Crippen LogP contribution in [0.15, 0.2) is 48.5 Å². The van der Waals surface area contributed by atoms with Gasteiger partial charge in [0.05, 0.1) is 6.61 Å². The summed E-state index contributed by atoms with van der Waals surface area (Å²) in [6, 6.07) is 16.8. The van der Waals surface area contributed by atoms with Crippen molar-refractivity contribution in [2.45, 2.75) is 56.7 Å². The Labute approximate surface area is 229 Å². The highest BCUT2D eigenvalue weighted by Crippen LogP contribution is 2.60. The van der Waals surface area contributed by atoms with E-state index in [1.54, 1.807) is 0 Å². The molecule has 2 aromatic carbocycles. The van der Waals surface area contributed by atoms with E-state index in [4.69, 9.17) is 19.9 Å². The number of ether oxygens (including phenoxy) is 3. The lowest BCUT2D eigenvalue weighted by Crippen LogP contribution is -2.63. The molecule has 4 bridgehead atoms. The molecule has 2 heterocycles. The van der Waals surface area contributed by atoms with E-state index < -0.39 is 6.10 Å². The second-order valence-corrected chi connectivity index (χ2v) is 12.3. The summed E-state index contributed by atoms with van der Waals surface area (Å²) in [5.41, 5.74) is 7.89. The highest BCUT2D eigenvalue weighted by molar-refractivity contribution is 5.83. The highest BCUT2D eigenvalue weighted by atomic mass is 16.7. The van der Waals surface area contributed by atoms with Gasteiger partial charge in [-0.2, -0.15) is 0 Å². The number of primary amides is 1. The number of carbonyl (C=O) groups is 2. The second kappa shape index (κ2) is 9.82. The van der Waals surface area contributed by atoms with E-state index in [-0.39, 0.29) is 36.1 Å². The number of hydrogen-bond acceptors (Lipinski definition) is 6. The van der Waals surface area contributed by atoms with Crippen molar-refractivity contribution in [3.63, 3.8) is 0 Å². The molecule has 4 saturated carbocycles. The maximum Gasteiger partial charge on any atom is 0.250 e. The smallest absolute Gasteiger partial charge is 0.250 e. The van der Waals surface area contributed by atoms with E-state index in [0.29, 0.717) is 30.9 Å². The van der Waals surface area contributed by atoms with Crippen molar-refractivity contribution in [1.29, 1.82) is 0 Å². The SMILES string of the molecule is NC(=O)C12CC3CC(C1)C(NC(=O)C1CN([C@H](Cc4ccc5c(c4)OCO5)c4ccccc4)CCO1)C(C3)C2. The number of nitrogens with one attached hydrogen (secondary N) is 1. The summed E-state index contributed by atoms with van der Waals surface area (Å²) < 4.78 is 17.2. The lowest BCUT2D eigenvalue weighted by atomic mass is 9.47. The van der Waals surface area contributed by atoms with Crippen LogP contribution in [0, 0.1) is 23.2 Å². The number of amides is 2. The van der Waals surface area contributed by atoms with Gasteiger partial charge < -0.3 is 25.3 Å². The van der Waals surface area contributed by atoms with Crippen molar-refractivity contribution in [2.75, 3.05) is 26.5 Å². The molecule has 8 heteroatoms. The topological polar surface area (TPSA) is 103 Å². The van der Waals surface area contributed by atoms with E-state index in [1.165, 1.54) is 5.56 Å². The Bertz CT molecular complexity index is 1240. The minimum Gasteiger partial charge on any atom is -0.454 e. The molecule has 206 valence electrons. The first-order valence-electron chi connectivity index (χ1n) is 14.4. The van der Waals surface area contributed by atoms with Gasteiger partial charge >= 0.3 is 0 Å². The molecule has 3 N–H and O–H groups in total. The normalized spacial score (nSPS) is 33.6.